The van der Waals surface area contributed by atoms with Crippen LogP contribution in [-0.4, -0.2) is 43.4 Å². The molecule has 0 aromatic rings. The summed E-state index contributed by atoms with van der Waals surface area (Å²) in [5, 5.41) is 4.97. The van der Waals surface area contributed by atoms with E-state index in [2.05, 4.69) is 10.6 Å². The van der Waals surface area contributed by atoms with E-state index in [4.69, 9.17) is 4.74 Å². The van der Waals surface area contributed by atoms with Crippen molar-refractivity contribution >= 4 is 5.91 Å². The number of rotatable bonds is 3. The van der Waals surface area contributed by atoms with Crippen molar-refractivity contribution < 1.29 is 22.7 Å². The predicted molar refractivity (Wildman–Crippen MR) is 53.4 cm³/mol. The molecule has 0 aromatic heterocycles. The lowest BCUT2D eigenvalue weighted by Gasteiger charge is -2.22. The van der Waals surface area contributed by atoms with Crippen molar-refractivity contribution in [2.45, 2.75) is 43.1 Å². The summed E-state index contributed by atoms with van der Waals surface area (Å²) in [5.74, 6) is -0.584. The lowest BCUT2D eigenvalue weighted by atomic mass is 10.1. The maximum Gasteiger partial charge on any atom is 0.411 e. The molecule has 2 atom stereocenters. The van der Waals surface area contributed by atoms with E-state index < -0.39 is 23.7 Å². The molecule has 4 nitrogen and oxygen atoms in total. The van der Waals surface area contributed by atoms with Crippen LogP contribution in [0.15, 0.2) is 0 Å². The Hall–Kier alpha value is -0.820. The minimum Gasteiger partial charge on any atom is -0.380 e. The second kappa shape index (κ2) is 4.13. The van der Waals surface area contributed by atoms with Gasteiger partial charge in [0.1, 0.15) is 5.54 Å². The Bertz CT molecular complexity index is 315. The van der Waals surface area contributed by atoms with E-state index in [0.29, 0.717) is 13.0 Å². The van der Waals surface area contributed by atoms with E-state index in [9.17, 15) is 18.0 Å². The Morgan fingerprint density at radius 1 is 1.47 bits per heavy atom. The molecular formula is C10H15F3N2O2. The SMILES string of the molecule is COC1CNC(C(=O)NC2(C(F)(F)F)CC2)C1. The van der Waals surface area contributed by atoms with Gasteiger partial charge in [0.2, 0.25) is 5.91 Å². The van der Waals surface area contributed by atoms with Gasteiger partial charge >= 0.3 is 6.18 Å². The molecule has 1 amide bonds. The highest BCUT2D eigenvalue weighted by Crippen LogP contribution is 2.48. The Balaban J connectivity index is 1.90. The highest BCUT2D eigenvalue weighted by atomic mass is 19.4. The Morgan fingerprint density at radius 2 is 2.12 bits per heavy atom. The zero-order chi connectivity index (χ0) is 12.7. The van der Waals surface area contributed by atoms with Gasteiger partial charge in [0.15, 0.2) is 0 Å². The van der Waals surface area contributed by atoms with Crippen LogP contribution in [0.3, 0.4) is 0 Å². The van der Waals surface area contributed by atoms with Crippen molar-refractivity contribution in [2.75, 3.05) is 13.7 Å². The van der Waals surface area contributed by atoms with Crippen LogP contribution in [-0.2, 0) is 9.53 Å². The van der Waals surface area contributed by atoms with Crippen molar-refractivity contribution in [1.82, 2.24) is 10.6 Å². The van der Waals surface area contributed by atoms with Crippen LogP contribution in [0, 0.1) is 0 Å². The third kappa shape index (κ3) is 2.40. The minimum atomic E-state index is -4.36. The van der Waals surface area contributed by atoms with E-state index in [1.165, 1.54) is 7.11 Å². The van der Waals surface area contributed by atoms with Gasteiger partial charge in [-0.25, -0.2) is 0 Å². The van der Waals surface area contributed by atoms with Gasteiger partial charge in [-0.2, -0.15) is 13.2 Å². The quantitative estimate of drug-likeness (QED) is 0.772. The second-order valence-corrected chi connectivity index (χ2v) is 4.62. The predicted octanol–water partition coefficient (Wildman–Crippen LogP) is 0.574. The fourth-order valence-electron chi connectivity index (χ4n) is 2.01. The third-order valence-corrected chi connectivity index (χ3v) is 3.40. The summed E-state index contributed by atoms with van der Waals surface area (Å²) in [4.78, 5) is 11.7. The van der Waals surface area contributed by atoms with Crippen molar-refractivity contribution in [3.05, 3.63) is 0 Å². The molecule has 0 bridgehead atoms. The third-order valence-electron chi connectivity index (χ3n) is 3.40. The summed E-state index contributed by atoms with van der Waals surface area (Å²) < 4.78 is 42.9. The largest absolute Gasteiger partial charge is 0.411 e. The molecule has 98 valence electrons. The first-order valence-corrected chi connectivity index (χ1v) is 5.53. The van der Waals surface area contributed by atoms with Crippen molar-refractivity contribution in [3.63, 3.8) is 0 Å². The van der Waals surface area contributed by atoms with Gasteiger partial charge in [-0.1, -0.05) is 0 Å². The molecule has 1 saturated carbocycles. The van der Waals surface area contributed by atoms with Gasteiger partial charge in [-0.05, 0) is 19.3 Å². The molecule has 1 aliphatic carbocycles. The van der Waals surface area contributed by atoms with Crippen LogP contribution >= 0.6 is 0 Å². The summed E-state index contributed by atoms with van der Waals surface area (Å²) in [7, 11) is 1.52. The Kier molecular flexibility index (Phi) is 3.07. The van der Waals surface area contributed by atoms with Gasteiger partial charge in [-0.15, -0.1) is 0 Å². The average Bonchev–Trinajstić information content (AvgIpc) is 2.88. The minimum absolute atomic E-state index is 0.0251. The number of nitrogens with one attached hydrogen (secondary N) is 2. The van der Waals surface area contributed by atoms with Crippen molar-refractivity contribution in [3.8, 4) is 0 Å². The standard InChI is InChI=1S/C10H15F3N2O2/c1-17-6-4-7(14-5-6)8(16)15-9(2-3-9)10(11,12)13/h6-7,14H,2-5H2,1H3,(H,15,16). The number of ether oxygens (including phenoxy) is 1. The lowest BCUT2D eigenvalue weighted by molar-refractivity contribution is -0.170. The van der Waals surface area contributed by atoms with Crippen LogP contribution in [0.1, 0.15) is 19.3 Å². The number of methoxy groups -OCH3 is 1. The number of hydrogen-bond acceptors (Lipinski definition) is 3. The van der Waals surface area contributed by atoms with Gasteiger partial charge < -0.3 is 15.4 Å². The fraction of sp³-hybridized carbons (Fsp3) is 0.900. The van der Waals surface area contributed by atoms with E-state index in [1.54, 1.807) is 0 Å². The summed E-state index contributed by atoms with van der Waals surface area (Å²) in [6.07, 6.45) is -4.10. The van der Waals surface area contributed by atoms with Crippen LogP contribution in [0.2, 0.25) is 0 Å². The maximum absolute atomic E-state index is 12.6. The molecule has 2 aliphatic rings. The van der Waals surface area contributed by atoms with Gasteiger partial charge in [0.25, 0.3) is 0 Å². The smallest absolute Gasteiger partial charge is 0.380 e. The zero-order valence-corrected chi connectivity index (χ0v) is 9.43. The first kappa shape index (κ1) is 12.6. The molecule has 1 saturated heterocycles. The number of carbonyl (C=O) groups excluding carboxylic acids is 1. The molecule has 0 aromatic carbocycles. The Labute approximate surface area is 96.9 Å². The van der Waals surface area contributed by atoms with E-state index in [0.717, 1.165) is 0 Å². The second-order valence-electron chi connectivity index (χ2n) is 4.62. The van der Waals surface area contributed by atoms with E-state index in [1.807, 2.05) is 0 Å². The maximum atomic E-state index is 12.6. The summed E-state index contributed by atoms with van der Waals surface area (Å²) >= 11 is 0. The Morgan fingerprint density at radius 3 is 2.53 bits per heavy atom. The lowest BCUT2D eigenvalue weighted by Crippen LogP contribution is -2.52. The number of carbonyl (C=O) groups is 1. The molecule has 2 rings (SSSR count). The molecular weight excluding hydrogens is 237 g/mol. The molecule has 1 heterocycles. The summed E-state index contributed by atoms with van der Waals surface area (Å²) in [5.41, 5.74) is -1.98. The number of halogens is 3. The topological polar surface area (TPSA) is 50.4 Å². The van der Waals surface area contributed by atoms with Gasteiger partial charge in [0, 0.05) is 13.7 Å². The van der Waals surface area contributed by atoms with Crippen LogP contribution in [0.25, 0.3) is 0 Å². The molecule has 2 fully saturated rings. The highest BCUT2D eigenvalue weighted by Gasteiger charge is 2.64. The molecule has 0 spiro atoms. The normalized spacial score (nSPS) is 31.3. The molecule has 2 N–H and O–H groups in total. The summed E-state index contributed by atoms with van der Waals surface area (Å²) in [6, 6.07) is -0.584. The van der Waals surface area contributed by atoms with Crippen LogP contribution in [0.5, 0.6) is 0 Å². The van der Waals surface area contributed by atoms with E-state index in [-0.39, 0.29) is 18.9 Å². The molecule has 17 heavy (non-hydrogen) atoms. The molecule has 1 aliphatic heterocycles. The number of amides is 1. The number of alkyl halides is 3. The zero-order valence-electron chi connectivity index (χ0n) is 9.43. The molecule has 2 unspecified atom stereocenters. The fourth-order valence-corrected chi connectivity index (χ4v) is 2.01. The van der Waals surface area contributed by atoms with Crippen LogP contribution < -0.4 is 10.6 Å². The number of hydrogen-bond donors (Lipinski definition) is 2. The average molecular weight is 252 g/mol. The highest BCUT2D eigenvalue weighted by molar-refractivity contribution is 5.83. The first-order valence-electron chi connectivity index (χ1n) is 5.53. The summed E-state index contributed by atoms with van der Waals surface area (Å²) in [6.45, 7) is 0.494. The van der Waals surface area contributed by atoms with Crippen molar-refractivity contribution in [1.29, 1.82) is 0 Å². The van der Waals surface area contributed by atoms with Gasteiger partial charge in [-0.3, -0.25) is 4.79 Å². The molecule has 0 radical (unpaired) electrons. The van der Waals surface area contributed by atoms with Crippen molar-refractivity contribution in [2.24, 2.45) is 0 Å². The first-order chi connectivity index (χ1) is 7.88. The molecule has 7 heteroatoms. The van der Waals surface area contributed by atoms with E-state index >= 15 is 0 Å². The monoisotopic (exact) mass is 252 g/mol. The van der Waals surface area contributed by atoms with Gasteiger partial charge in [0.05, 0.1) is 12.1 Å². The van der Waals surface area contributed by atoms with Crippen LogP contribution in [0.4, 0.5) is 13.2 Å².